The minimum absolute atomic E-state index is 0.169. The molecule has 21 heavy (non-hydrogen) atoms. The highest BCUT2D eigenvalue weighted by atomic mass is 79.9. The summed E-state index contributed by atoms with van der Waals surface area (Å²) in [5.74, 6) is 0.169. The minimum Gasteiger partial charge on any atom is -0.339 e. The molecule has 1 amide bonds. The van der Waals surface area contributed by atoms with Crippen molar-refractivity contribution in [2.45, 2.75) is 25.7 Å². The summed E-state index contributed by atoms with van der Waals surface area (Å²) in [6, 6.07) is 12.3. The zero-order chi connectivity index (χ0) is 14.7. The number of halogens is 1. The molecule has 0 saturated carbocycles. The van der Waals surface area contributed by atoms with E-state index >= 15 is 0 Å². The SMILES string of the molecule is O=C(c1cc(-c2ccccc2)sc1Br)N1CCCCCC1. The van der Waals surface area contributed by atoms with Gasteiger partial charge in [0.15, 0.2) is 0 Å². The van der Waals surface area contributed by atoms with Gasteiger partial charge in [0.2, 0.25) is 0 Å². The van der Waals surface area contributed by atoms with E-state index in [2.05, 4.69) is 28.1 Å². The van der Waals surface area contributed by atoms with Gasteiger partial charge in [-0.15, -0.1) is 11.3 Å². The molecule has 0 N–H and O–H groups in total. The fourth-order valence-corrected chi connectivity index (χ4v) is 4.39. The molecule has 4 heteroatoms. The molecule has 2 nitrogen and oxygen atoms in total. The first-order valence-corrected chi connectivity index (χ1v) is 9.00. The van der Waals surface area contributed by atoms with Gasteiger partial charge in [-0.2, -0.15) is 0 Å². The second-order valence-electron chi connectivity index (χ2n) is 5.37. The van der Waals surface area contributed by atoms with Crippen LogP contribution in [-0.2, 0) is 0 Å². The smallest absolute Gasteiger partial charge is 0.255 e. The van der Waals surface area contributed by atoms with Gasteiger partial charge in [-0.1, -0.05) is 43.2 Å². The molecule has 0 bridgehead atoms. The Labute approximate surface area is 137 Å². The van der Waals surface area contributed by atoms with E-state index in [0.29, 0.717) is 0 Å². The van der Waals surface area contributed by atoms with Crippen LogP contribution in [-0.4, -0.2) is 23.9 Å². The summed E-state index contributed by atoms with van der Waals surface area (Å²) in [5.41, 5.74) is 1.97. The minimum atomic E-state index is 0.169. The van der Waals surface area contributed by atoms with Crippen LogP contribution >= 0.6 is 27.3 Å². The van der Waals surface area contributed by atoms with Crippen LogP contribution < -0.4 is 0 Å². The fourth-order valence-electron chi connectivity index (χ4n) is 2.70. The number of amides is 1. The molecule has 1 aromatic heterocycles. The van der Waals surface area contributed by atoms with Crippen LogP contribution in [0, 0.1) is 0 Å². The van der Waals surface area contributed by atoms with Gasteiger partial charge in [-0.05, 0) is 40.4 Å². The van der Waals surface area contributed by atoms with Crippen molar-refractivity contribution in [3.8, 4) is 10.4 Å². The van der Waals surface area contributed by atoms with Gasteiger partial charge in [0, 0.05) is 18.0 Å². The Hall–Kier alpha value is -1.13. The van der Waals surface area contributed by atoms with Crippen molar-refractivity contribution < 1.29 is 4.79 Å². The molecule has 0 unspecified atom stereocenters. The standard InChI is InChI=1S/C17H18BrNOS/c18-16-14(17(20)19-10-6-1-2-7-11-19)12-15(21-16)13-8-4-3-5-9-13/h3-5,8-9,12H,1-2,6-7,10-11H2. The van der Waals surface area contributed by atoms with Crippen molar-refractivity contribution in [1.82, 2.24) is 4.90 Å². The second-order valence-corrected chi connectivity index (χ2v) is 7.74. The maximum atomic E-state index is 12.7. The monoisotopic (exact) mass is 363 g/mol. The second kappa shape index (κ2) is 6.75. The number of rotatable bonds is 2. The average molecular weight is 364 g/mol. The summed E-state index contributed by atoms with van der Waals surface area (Å²) < 4.78 is 0.940. The van der Waals surface area contributed by atoms with Crippen molar-refractivity contribution in [1.29, 1.82) is 0 Å². The summed E-state index contributed by atoms with van der Waals surface area (Å²) in [4.78, 5) is 15.9. The number of hydrogen-bond donors (Lipinski definition) is 0. The molecule has 1 aromatic carbocycles. The van der Waals surface area contributed by atoms with Crippen molar-refractivity contribution >= 4 is 33.2 Å². The van der Waals surface area contributed by atoms with Crippen LogP contribution in [0.1, 0.15) is 36.0 Å². The lowest BCUT2D eigenvalue weighted by Crippen LogP contribution is -2.31. The lowest BCUT2D eigenvalue weighted by atomic mass is 10.1. The molecule has 3 rings (SSSR count). The zero-order valence-corrected chi connectivity index (χ0v) is 14.3. The van der Waals surface area contributed by atoms with Crippen LogP contribution in [0.25, 0.3) is 10.4 Å². The Morgan fingerprint density at radius 3 is 2.38 bits per heavy atom. The number of thiophene rings is 1. The number of carbonyl (C=O) groups excluding carboxylic acids is 1. The van der Waals surface area contributed by atoms with Crippen molar-refractivity contribution in [3.05, 3.63) is 45.7 Å². The van der Waals surface area contributed by atoms with Crippen LogP contribution in [0.15, 0.2) is 40.2 Å². The first-order chi connectivity index (χ1) is 10.3. The molecule has 0 aliphatic carbocycles. The van der Waals surface area contributed by atoms with Gasteiger partial charge in [-0.3, -0.25) is 4.79 Å². The van der Waals surface area contributed by atoms with E-state index in [1.54, 1.807) is 11.3 Å². The van der Waals surface area contributed by atoms with E-state index in [9.17, 15) is 4.79 Å². The number of benzene rings is 1. The molecule has 0 spiro atoms. The average Bonchev–Trinajstić information content (AvgIpc) is 2.74. The summed E-state index contributed by atoms with van der Waals surface area (Å²) in [5, 5.41) is 0. The zero-order valence-electron chi connectivity index (χ0n) is 11.8. The Kier molecular flexibility index (Phi) is 4.76. The highest BCUT2D eigenvalue weighted by molar-refractivity contribution is 9.11. The Morgan fingerprint density at radius 1 is 1.05 bits per heavy atom. The number of likely N-dealkylation sites (tertiary alicyclic amines) is 1. The number of nitrogens with zero attached hydrogens (tertiary/aromatic N) is 1. The maximum absolute atomic E-state index is 12.7. The predicted octanol–water partition coefficient (Wildman–Crippen LogP) is 5.19. The van der Waals surface area contributed by atoms with E-state index in [4.69, 9.17) is 0 Å². The van der Waals surface area contributed by atoms with Gasteiger partial charge >= 0.3 is 0 Å². The quantitative estimate of drug-likeness (QED) is 0.718. The third-order valence-corrected chi connectivity index (χ3v) is 5.75. The number of hydrogen-bond acceptors (Lipinski definition) is 2. The van der Waals surface area contributed by atoms with Crippen LogP contribution in [0.4, 0.5) is 0 Å². The van der Waals surface area contributed by atoms with Gasteiger partial charge in [0.05, 0.1) is 9.35 Å². The molecule has 2 heterocycles. The van der Waals surface area contributed by atoms with E-state index < -0.39 is 0 Å². The Morgan fingerprint density at radius 2 is 1.71 bits per heavy atom. The van der Waals surface area contributed by atoms with Gasteiger partial charge in [0.25, 0.3) is 5.91 Å². The first kappa shape index (κ1) is 14.8. The van der Waals surface area contributed by atoms with Crippen LogP contribution in [0.2, 0.25) is 0 Å². The lowest BCUT2D eigenvalue weighted by Gasteiger charge is -2.19. The van der Waals surface area contributed by atoms with E-state index in [0.717, 1.165) is 45.7 Å². The number of carbonyl (C=O) groups is 1. The van der Waals surface area contributed by atoms with E-state index in [1.165, 1.54) is 12.8 Å². The molecular weight excluding hydrogens is 346 g/mol. The van der Waals surface area contributed by atoms with Gasteiger partial charge in [0.1, 0.15) is 0 Å². The fraction of sp³-hybridized carbons (Fsp3) is 0.353. The maximum Gasteiger partial charge on any atom is 0.255 e. The van der Waals surface area contributed by atoms with Crippen LogP contribution in [0.3, 0.4) is 0 Å². The molecule has 0 radical (unpaired) electrons. The summed E-state index contributed by atoms with van der Waals surface area (Å²) in [7, 11) is 0. The molecule has 0 atom stereocenters. The highest BCUT2D eigenvalue weighted by Gasteiger charge is 2.21. The molecule has 110 valence electrons. The predicted molar refractivity (Wildman–Crippen MR) is 91.8 cm³/mol. The molecule has 1 aliphatic rings. The third-order valence-electron chi connectivity index (χ3n) is 3.87. The summed E-state index contributed by atoms with van der Waals surface area (Å²) in [6.07, 6.45) is 4.73. The van der Waals surface area contributed by atoms with Gasteiger partial charge in [-0.25, -0.2) is 0 Å². The van der Waals surface area contributed by atoms with Crippen LogP contribution in [0.5, 0.6) is 0 Å². The van der Waals surface area contributed by atoms with Crippen molar-refractivity contribution in [3.63, 3.8) is 0 Å². The molecular formula is C17H18BrNOS. The Balaban J connectivity index is 1.85. The normalized spacial score (nSPS) is 15.8. The molecule has 1 saturated heterocycles. The van der Waals surface area contributed by atoms with E-state index in [1.807, 2.05) is 29.2 Å². The lowest BCUT2D eigenvalue weighted by molar-refractivity contribution is 0.0761. The summed E-state index contributed by atoms with van der Waals surface area (Å²) in [6.45, 7) is 1.78. The molecule has 2 aromatic rings. The molecule has 1 aliphatic heterocycles. The highest BCUT2D eigenvalue weighted by Crippen LogP contribution is 2.36. The summed E-state index contributed by atoms with van der Waals surface area (Å²) >= 11 is 5.21. The van der Waals surface area contributed by atoms with Gasteiger partial charge < -0.3 is 4.90 Å². The molecule has 1 fully saturated rings. The topological polar surface area (TPSA) is 20.3 Å². The van der Waals surface area contributed by atoms with Crippen molar-refractivity contribution in [2.24, 2.45) is 0 Å². The van der Waals surface area contributed by atoms with Crippen molar-refractivity contribution in [2.75, 3.05) is 13.1 Å². The third kappa shape index (κ3) is 3.38. The van der Waals surface area contributed by atoms with E-state index in [-0.39, 0.29) is 5.91 Å². The largest absolute Gasteiger partial charge is 0.339 e. The Bertz CT molecular complexity index is 615. The first-order valence-electron chi connectivity index (χ1n) is 7.40.